The fourth-order valence-electron chi connectivity index (χ4n) is 1.67. The molecule has 4 heteroatoms. The molecule has 17 heavy (non-hydrogen) atoms. The molecular weight excluding hydrogens is 300 g/mol. The Balaban J connectivity index is 2.75. The zero-order valence-corrected chi connectivity index (χ0v) is 12.7. The summed E-state index contributed by atoms with van der Waals surface area (Å²) in [4.78, 5) is 0.895. The number of halogens is 1. The molecule has 0 aliphatic heterocycles. The van der Waals surface area contributed by atoms with Gasteiger partial charge in [0.2, 0.25) is 0 Å². The van der Waals surface area contributed by atoms with Gasteiger partial charge < -0.3 is 0 Å². The largest absolute Gasteiger partial charge is 0.224 e. The van der Waals surface area contributed by atoms with E-state index < -0.39 is 9.84 Å². The molecule has 0 spiro atoms. The summed E-state index contributed by atoms with van der Waals surface area (Å²) in [6.07, 6.45) is 3.23. The van der Waals surface area contributed by atoms with E-state index in [0.29, 0.717) is 9.72 Å². The van der Waals surface area contributed by atoms with Gasteiger partial charge in [0, 0.05) is 4.83 Å². The SMILES string of the molecule is CCCC(Br)Cc1ccc(S(=O)(=O)CC)cc1. The van der Waals surface area contributed by atoms with Gasteiger partial charge >= 0.3 is 0 Å². The molecule has 1 aromatic carbocycles. The molecule has 0 saturated carbocycles. The van der Waals surface area contributed by atoms with Crippen LogP contribution >= 0.6 is 15.9 Å². The lowest BCUT2D eigenvalue weighted by Gasteiger charge is -2.09. The molecule has 0 aliphatic rings. The number of alkyl halides is 1. The lowest BCUT2D eigenvalue weighted by atomic mass is 10.1. The molecule has 1 aromatic rings. The predicted molar refractivity (Wildman–Crippen MR) is 75.5 cm³/mol. The van der Waals surface area contributed by atoms with Gasteiger partial charge in [-0.25, -0.2) is 8.42 Å². The van der Waals surface area contributed by atoms with Crippen LogP contribution in [0.3, 0.4) is 0 Å². The van der Waals surface area contributed by atoms with Crippen LogP contribution in [0.25, 0.3) is 0 Å². The van der Waals surface area contributed by atoms with Crippen molar-refractivity contribution in [2.24, 2.45) is 0 Å². The highest BCUT2D eigenvalue weighted by molar-refractivity contribution is 9.09. The number of hydrogen-bond donors (Lipinski definition) is 0. The Hall–Kier alpha value is -0.350. The number of rotatable bonds is 6. The third-order valence-corrected chi connectivity index (χ3v) is 5.25. The molecule has 0 aliphatic carbocycles. The fourth-order valence-corrected chi connectivity index (χ4v) is 3.39. The highest BCUT2D eigenvalue weighted by atomic mass is 79.9. The summed E-state index contributed by atoms with van der Waals surface area (Å²) in [6.45, 7) is 3.82. The average Bonchev–Trinajstić information content (AvgIpc) is 2.30. The topological polar surface area (TPSA) is 34.1 Å². The first-order valence-corrected chi connectivity index (χ1v) is 8.52. The number of hydrogen-bond acceptors (Lipinski definition) is 2. The van der Waals surface area contributed by atoms with Crippen molar-refractivity contribution >= 4 is 25.8 Å². The molecule has 0 radical (unpaired) electrons. The van der Waals surface area contributed by atoms with E-state index in [4.69, 9.17) is 0 Å². The lowest BCUT2D eigenvalue weighted by molar-refractivity contribution is 0.597. The van der Waals surface area contributed by atoms with E-state index >= 15 is 0 Å². The Morgan fingerprint density at radius 3 is 2.24 bits per heavy atom. The molecule has 0 bridgehead atoms. The Kier molecular flexibility index (Phi) is 5.67. The first-order valence-electron chi connectivity index (χ1n) is 5.95. The van der Waals surface area contributed by atoms with Gasteiger partial charge in [-0.05, 0) is 30.5 Å². The van der Waals surface area contributed by atoms with Crippen molar-refractivity contribution < 1.29 is 8.42 Å². The molecule has 0 saturated heterocycles. The Bertz CT molecular complexity index is 437. The molecule has 0 fully saturated rings. The van der Waals surface area contributed by atoms with Crippen LogP contribution in [0.4, 0.5) is 0 Å². The van der Waals surface area contributed by atoms with E-state index in [1.165, 1.54) is 5.56 Å². The van der Waals surface area contributed by atoms with Gasteiger partial charge in [-0.15, -0.1) is 0 Å². The molecular formula is C13H19BrO2S. The Labute approximate surface area is 112 Å². The molecule has 1 rings (SSSR count). The summed E-state index contributed by atoms with van der Waals surface area (Å²) in [5.41, 5.74) is 1.18. The van der Waals surface area contributed by atoms with Gasteiger partial charge in [-0.3, -0.25) is 0 Å². The van der Waals surface area contributed by atoms with Crippen LogP contribution in [-0.4, -0.2) is 19.0 Å². The minimum absolute atomic E-state index is 0.156. The highest BCUT2D eigenvalue weighted by Gasteiger charge is 2.11. The zero-order chi connectivity index (χ0) is 12.9. The first kappa shape index (κ1) is 14.7. The summed E-state index contributed by atoms with van der Waals surface area (Å²) < 4.78 is 23.3. The summed E-state index contributed by atoms with van der Waals surface area (Å²) >= 11 is 3.63. The van der Waals surface area contributed by atoms with E-state index in [1.807, 2.05) is 12.1 Å². The molecule has 1 unspecified atom stereocenters. The average molecular weight is 319 g/mol. The van der Waals surface area contributed by atoms with E-state index in [1.54, 1.807) is 19.1 Å². The van der Waals surface area contributed by atoms with Crippen LogP contribution in [0.5, 0.6) is 0 Å². The second-order valence-electron chi connectivity index (χ2n) is 4.14. The van der Waals surface area contributed by atoms with Crippen molar-refractivity contribution in [2.45, 2.75) is 42.8 Å². The highest BCUT2D eigenvalue weighted by Crippen LogP contribution is 2.17. The molecule has 96 valence electrons. The minimum Gasteiger partial charge on any atom is -0.224 e. The van der Waals surface area contributed by atoms with Crippen LogP contribution in [0, 0.1) is 0 Å². The second kappa shape index (κ2) is 6.55. The first-order chi connectivity index (χ1) is 7.99. The second-order valence-corrected chi connectivity index (χ2v) is 7.71. The van der Waals surface area contributed by atoms with Crippen LogP contribution in [0.15, 0.2) is 29.2 Å². The molecule has 0 amide bonds. The monoisotopic (exact) mass is 318 g/mol. The van der Waals surface area contributed by atoms with Gasteiger partial charge in [0.15, 0.2) is 9.84 Å². The normalized spacial score (nSPS) is 13.6. The standard InChI is InChI=1S/C13H19BrO2S/c1-3-5-12(14)10-11-6-8-13(9-7-11)17(15,16)4-2/h6-9,12H,3-5,10H2,1-2H3. The maximum atomic E-state index is 11.6. The number of sulfone groups is 1. The zero-order valence-electron chi connectivity index (χ0n) is 10.3. The van der Waals surface area contributed by atoms with Crippen molar-refractivity contribution in [3.8, 4) is 0 Å². The summed E-state index contributed by atoms with van der Waals surface area (Å²) in [6, 6.07) is 7.23. The quantitative estimate of drug-likeness (QED) is 0.751. The van der Waals surface area contributed by atoms with Gasteiger partial charge in [-0.1, -0.05) is 48.3 Å². The van der Waals surface area contributed by atoms with Gasteiger partial charge in [0.1, 0.15) is 0 Å². The van der Waals surface area contributed by atoms with Gasteiger partial charge in [0.05, 0.1) is 10.6 Å². The van der Waals surface area contributed by atoms with E-state index in [2.05, 4.69) is 22.9 Å². The van der Waals surface area contributed by atoms with Crippen LogP contribution in [0.1, 0.15) is 32.3 Å². The molecule has 0 heterocycles. The fraction of sp³-hybridized carbons (Fsp3) is 0.538. The third-order valence-electron chi connectivity index (χ3n) is 2.72. The van der Waals surface area contributed by atoms with Crippen LogP contribution in [0.2, 0.25) is 0 Å². The van der Waals surface area contributed by atoms with Crippen LogP contribution < -0.4 is 0 Å². The van der Waals surface area contributed by atoms with E-state index in [0.717, 1.165) is 19.3 Å². The lowest BCUT2D eigenvalue weighted by Crippen LogP contribution is -2.05. The maximum Gasteiger partial charge on any atom is 0.178 e. The number of benzene rings is 1. The summed E-state index contributed by atoms with van der Waals surface area (Å²) in [5, 5.41) is 0. The van der Waals surface area contributed by atoms with E-state index in [-0.39, 0.29) is 5.75 Å². The van der Waals surface area contributed by atoms with Crippen molar-refractivity contribution in [2.75, 3.05) is 5.75 Å². The van der Waals surface area contributed by atoms with Crippen molar-refractivity contribution in [1.29, 1.82) is 0 Å². The van der Waals surface area contributed by atoms with E-state index in [9.17, 15) is 8.42 Å². The van der Waals surface area contributed by atoms with Gasteiger partial charge in [0.25, 0.3) is 0 Å². The summed E-state index contributed by atoms with van der Waals surface area (Å²) in [5.74, 6) is 0.156. The maximum absolute atomic E-state index is 11.6. The smallest absolute Gasteiger partial charge is 0.178 e. The van der Waals surface area contributed by atoms with Crippen molar-refractivity contribution in [3.05, 3.63) is 29.8 Å². The molecule has 0 N–H and O–H groups in total. The van der Waals surface area contributed by atoms with Crippen molar-refractivity contribution in [1.82, 2.24) is 0 Å². The molecule has 2 nitrogen and oxygen atoms in total. The molecule has 1 atom stereocenters. The predicted octanol–water partition coefficient (Wildman–Crippen LogP) is 3.59. The molecule has 0 aromatic heterocycles. The van der Waals surface area contributed by atoms with Gasteiger partial charge in [-0.2, -0.15) is 0 Å². The summed E-state index contributed by atoms with van der Waals surface area (Å²) in [7, 11) is -3.07. The Morgan fingerprint density at radius 2 is 1.76 bits per heavy atom. The van der Waals surface area contributed by atoms with Crippen molar-refractivity contribution in [3.63, 3.8) is 0 Å². The minimum atomic E-state index is -3.07. The van der Waals surface area contributed by atoms with Crippen LogP contribution in [-0.2, 0) is 16.3 Å². The Morgan fingerprint density at radius 1 is 1.18 bits per heavy atom. The third kappa shape index (κ3) is 4.43.